The minimum absolute atomic E-state index is 0.337. The fraction of sp³-hybridized carbons (Fsp3) is 0.643. The van der Waals surface area contributed by atoms with E-state index in [-0.39, 0.29) is 0 Å². The minimum atomic E-state index is 0.337. The first-order chi connectivity index (χ1) is 9.59. The van der Waals surface area contributed by atoms with Crippen LogP contribution in [0.3, 0.4) is 0 Å². The molecule has 3 heterocycles. The summed E-state index contributed by atoms with van der Waals surface area (Å²) in [6, 6.07) is 0. The Bertz CT molecular complexity index is 624. The zero-order valence-corrected chi connectivity index (χ0v) is 12.6. The van der Waals surface area contributed by atoms with Gasteiger partial charge in [0.2, 0.25) is 0 Å². The summed E-state index contributed by atoms with van der Waals surface area (Å²) >= 11 is 0. The van der Waals surface area contributed by atoms with Gasteiger partial charge in [0, 0.05) is 37.8 Å². The van der Waals surface area contributed by atoms with Gasteiger partial charge in [0.1, 0.15) is 5.82 Å². The largest absolute Gasteiger partial charge is 0.366 e. The van der Waals surface area contributed by atoms with Crippen molar-refractivity contribution in [3.63, 3.8) is 0 Å². The highest BCUT2D eigenvalue weighted by Crippen LogP contribution is 2.26. The molecule has 0 unspecified atom stereocenters. The van der Waals surface area contributed by atoms with E-state index in [4.69, 9.17) is 0 Å². The van der Waals surface area contributed by atoms with E-state index in [0.717, 1.165) is 37.7 Å². The van der Waals surface area contributed by atoms with Crippen molar-refractivity contribution in [2.24, 2.45) is 0 Å². The lowest BCUT2D eigenvalue weighted by atomic mass is 10.2. The third-order valence-corrected chi connectivity index (χ3v) is 3.91. The first kappa shape index (κ1) is 13.3. The van der Waals surface area contributed by atoms with Crippen LogP contribution < -0.4 is 10.2 Å². The molecule has 0 aliphatic carbocycles. The average molecular weight is 274 g/mol. The van der Waals surface area contributed by atoms with E-state index in [9.17, 15) is 0 Å². The zero-order chi connectivity index (χ0) is 14.3. The van der Waals surface area contributed by atoms with Crippen molar-refractivity contribution in [2.45, 2.75) is 33.6 Å². The van der Waals surface area contributed by atoms with Gasteiger partial charge in [-0.3, -0.25) is 4.40 Å². The number of nitrogens with zero attached hydrogens (tertiary/aromatic N) is 5. The van der Waals surface area contributed by atoms with Crippen molar-refractivity contribution in [1.29, 1.82) is 0 Å². The maximum Gasteiger partial charge on any atom is 0.255 e. The summed E-state index contributed by atoms with van der Waals surface area (Å²) in [6.07, 6.45) is 0. The van der Waals surface area contributed by atoms with Gasteiger partial charge in [0.15, 0.2) is 0 Å². The molecule has 0 bridgehead atoms. The van der Waals surface area contributed by atoms with Crippen LogP contribution in [0.2, 0.25) is 0 Å². The normalized spacial score (nSPS) is 16.4. The van der Waals surface area contributed by atoms with E-state index < -0.39 is 0 Å². The summed E-state index contributed by atoms with van der Waals surface area (Å²) in [4.78, 5) is 7.06. The molecule has 0 atom stereocenters. The highest BCUT2D eigenvalue weighted by Gasteiger charge is 2.21. The highest BCUT2D eigenvalue weighted by molar-refractivity contribution is 5.58. The van der Waals surface area contributed by atoms with Crippen LogP contribution in [0, 0.1) is 13.8 Å². The molecule has 1 aliphatic heterocycles. The van der Waals surface area contributed by atoms with E-state index in [1.807, 2.05) is 0 Å². The quantitative estimate of drug-likeness (QED) is 0.894. The van der Waals surface area contributed by atoms with Crippen LogP contribution in [0.4, 0.5) is 5.69 Å². The lowest BCUT2D eigenvalue weighted by Gasteiger charge is -2.31. The first-order valence-electron chi connectivity index (χ1n) is 7.27. The van der Waals surface area contributed by atoms with Gasteiger partial charge in [-0.1, -0.05) is 13.8 Å². The van der Waals surface area contributed by atoms with Gasteiger partial charge in [0.25, 0.3) is 5.78 Å². The van der Waals surface area contributed by atoms with Crippen LogP contribution in [-0.4, -0.2) is 45.8 Å². The number of nitrogens with one attached hydrogen (secondary N) is 1. The number of fused-ring (bicyclic) bond motifs is 1. The maximum absolute atomic E-state index is 4.64. The number of anilines is 1. The Morgan fingerprint density at radius 1 is 1.10 bits per heavy atom. The molecule has 0 saturated carbocycles. The van der Waals surface area contributed by atoms with Crippen LogP contribution >= 0.6 is 0 Å². The van der Waals surface area contributed by atoms with Crippen molar-refractivity contribution >= 4 is 11.5 Å². The SMILES string of the molecule is Cc1nc2nnc(C(C)C)n2c(C)c1N1CCNCC1. The van der Waals surface area contributed by atoms with Gasteiger partial charge >= 0.3 is 0 Å². The molecule has 2 aromatic rings. The molecule has 6 heteroatoms. The van der Waals surface area contributed by atoms with Crippen LogP contribution in [0.5, 0.6) is 0 Å². The molecule has 1 aliphatic rings. The Balaban J connectivity index is 2.18. The molecule has 0 radical (unpaired) electrons. The molecular weight excluding hydrogens is 252 g/mol. The number of hydrogen-bond donors (Lipinski definition) is 1. The fourth-order valence-electron chi connectivity index (χ4n) is 2.97. The van der Waals surface area contributed by atoms with E-state index in [1.54, 1.807) is 0 Å². The average Bonchev–Trinajstić information content (AvgIpc) is 2.84. The monoisotopic (exact) mass is 274 g/mol. The smallest absolute Gasteiger partial charge is 0.255 e. The second-order valence-electron chi connectivity index (χ2n) is 5.72. The lowest BCUT2D eigenvalue weighted by molar-refractivity contribution is 0.585. The first-order valence-corrected chi connectivity index (χ1v) is 7.27. The van der Waals surface area contributed by atoms with E-state index in [0.29, 0.717) is 11.7 Å². The Labute approximate surface area is 119 Å². The molecule has 1 saturated heterocycles. The molecule has 20 heavy (non-hydrogen) atoms. The third kappa shape index (κ3) is 2.04. The molecule has 108 valence electrons. The number of aryl methyl sites for hydroxylation is 2. The molecule has 2 aromatic heterocycles. The predicted octanol–water partition coefficient (Wildman–Crippen LogP) is 1.27. The summed E-state index contributed by atoms with van der Waals surface area (Å²) in [7, 11) is 0. The fourth-order valence-corrected chi connectivity index (χ4v) is 2.97. The Morgan fingerprint density at radius 3 is 2.45 bits per heavy atom. The van der Waals surface area contributed by atoms with Gasteiger partial charge < -0.3 is 10.2 Å². The van der Waals surface area contributed by atoms with Crippen molar-refractivity contribution < 1.29 is 0 Å². The van der Waals surface area contributed by atoms with Crippen molar-refractivity contribution in [3.8, 4) is 0 Å². The molecule has 1 fully saturated rings. The standard InChI is InChI=1S/C14H22N6/c1-9(2)13-17-18-14-16-10(3)12(11(4)20(13)14)19-7-5-15-6-8-19/h9,15H,5-8H2,1-4H3. The molecule has 0 spiro atoms. The highest BCUT2D eigenvalue weighted by atomic mass is 15.3. The van der Waals surface area contributed by atoms with Crippen molar-refractivity contribution in [3.05, 3.63) is 17.2 Å². The zero-order valence-electron chi connectivity index (χ0n) is 12.6. The summed E-state index contributed by atoms with van der Waals surface area (Å²) in [6.45, 7) is 12.6. The van der Waals surface area contributed by atoms with Gasteiger partial charge in [-0.2, -0.15) is 0 Å². The lowest BCUT2D eigenvalue weighted by Crippen LogP contribution is -2.44. The van der Waals surface area contributed by atoms with E-state index in [2.05, 4.69) is 57.5 Å². The van der Waals surface area contributed by atoms with Crippen LogP contribution in [0.25, 0.3) is 5.78 Å². The second-order valence-corrected chi connectivity index (χ2v) is 5.72. The second kappa shape index (κ2) is 5.01. The summed E-state index contributed by atoms with van der Waals surface area (Å²) in [5.41, 5.74) is 3.48. The molecule has 0 amide bonds. The van der Waals surface area contributed by atoms with Crippen molar-refractivity contribution in [1.82, 2.24) is 24.9 Å². The van der Waals surface area contributed by atoms with Gasteiger partial charge in [0.05, 0.1) is 11.4 Å². The molecule has 0 aromatic carbocycles. The topological polar surface area (TPSA) is 58.4 Å². The number of aromatic nitrogens is 4. The Kier molecular flexibility index (Phi) is 3.33. The Hall–Kier alpha value is -1.69. The predicted molar refractivity (Wildman–Crippen MR) is 79.4 cm³/mol. The van der Waals surface area contributed by atoms with E-state index >= 15 is 0 Å². The van der Waals surface area contributed by atoms with Crippen LogP contribution in [0.15, 0.2) is 0 Å². The molecule has 1 N–H and O–H groups in total. The number of piperazine rings is 1. The molecule has 6 nitrogen and oxygen atoms in total. The van der Waals surface area contributed by atoms with Gasteiger partial charge in [-0.05, 0) is 13.8 Å². The van der Waals surface area contributed by atoms with Crippen LogP contribution in [0.1, 0.15) is 37.0 Å². The number of hydrogen-bond acceptors (Lipinski definition) is 5. The maximum atomic E-state index is 4.64. The third-order valence-electron chi connectivity index (χ3n) is 3.91. The van der Waals surface area contributed by atoms with E-state index in [1.165, 1.54) is 11.4 Å². The molecule has 3 rings (SSSR count). The summed E-state index contributed by atoms with van der Waals surface area (Å²) in [5, 5.41) is 11.9. The summed E-state index contributed by atoms with van der Waals surface area (Å²) in [5.74, 6) is 2.04. The van der Waals surface area contributed by atoms with Gasteiger partial charge in [-0.25, -0.2) is 4.98 Å². The minimum Gasteiger partial charge on any atom is -0.366 e. The summed E-state index contributed by atoms with van der Waals surface area (Å²) < 4.78 is 2.11. The van der Waals surface area contributed by atoms with Gasteiger partial charge in [-0.15, -0.1) is 10.2 Å². The van der Waals surface area contributed by atoms with Crippen molar-refractivity contribution in [2.75, 3.05) is 31.1 Å². The Morgan fingerprint density at radius 2 is 1.80 bits per heavy atom. The number of rotatable bonds is 2. The molecular formula is C14H22N6. The van der Waals surface area contributed by atoms with Crippen LogP contribution in [-0.2, 0) is 0 Å².